The fourth-order valence-corrected chi connectivity index (χ4v) is 4.35. The Kier molecular flexibility index (Phi) is 8.29. The molecule has 42 heavy (non-hydrogen) atoms. The van der Waals surface area contributed by atoms with Crippen LogP contribution in [-0.2, 0) is 9.53 Å². The molecule has 9 heteroatoms. The van der Waals surface area contributed by atoms with E-state index >= 15 is 0 Å². The molecule has 0 aliphatic carbocycles. The summed E-state index contributed by atoms with van der Waals surface area (Å²) in [5.41, 5.74) is 4.80. The molecule has 1 atom stereocenters. The van der Waals surface area contributed by atoms with Crippen LogP contribution < -0.4 is 19.5 Å². The summed E-state index contributed by atoms with van der Waals surface area (Å²) in [5, 5.41) is 2.73. The zero-order chi connectivity index (χ0) is 29.6. The molecule has 1 aromatic heterocycles. The smallest absolute Gasteiger partial charge is 0.338 e. The van der Waals surface area contributed by atoms with E-state index in [9.17, 15) is 9.59 Å². The summed E-state index contributed by atoms with van der Waals surface area (Å²) in [6.45, 7) is 1.51. The van der Waals surface area contributed by atoms with E-state index in [1.54, 1.807) is 56.7 Å². The molecule has 0 aliphatic rings. The standard InChI is InChI=1S/C33H29N3O6/c1-20(32(37)36-27-7-5-6-8-29(27)41-4)42-33(38)23-13-18-26-28(19-23)35-31(22-11-16-25(40-3)17-12-22)30(34-26)21-9-14-24(39-2)15-10-21/h5-20H,1-4H3,(H,36,37). The highest BCUT2D eigenvalue weighted by Gasteiger charge is 2.21. The Morgan fingerprint density at radius 2 is 1.26 bits per heavy atom. The van der Waals surface area contributed by atoms with Gasteiger partial charge in [-0.3, -0.25) is 4.79 Å². The molecule has 1 amide bonds. The summed E-state index contributed by atoms with van der Waals surface area (Å²) in [4.78, 5) is 35.6. The summed E-state index contributed by atoms with van der Waals surface area (Å²) in [6.07, 6.45) is -1.06. The van der Waals surface area contributed by atoms with Crippen molar-refractivity contribution in [2.75, 3.05) is 26.6 Å². The van der Waals surface area contributed by atoms with Crippen LogP contribution in [0.2, 0.25) is 0 Å². The van der Waals surface area contributed by atoms with Crippen LogP contribution >= 0.6 is 0 Å². The molecule has 1 heterocycles. The van der Waals surface area contributed by atoms with E-state index in [1.165, 1.54) is 14.0 Å². The van der Waals surface area contributed by atoms with Gasteiger partial charge in [-0.2, -0.15) is 0 Å². The first-order valence-electron chi connectivity index (χ1n) is 13.2. The minimum Gasteiger partial charge on any atom is -0.497 e. The number of anilines is 1. The lowest BCUT2D eigenvalue weighted by atomic mass is 10.0. The molecule has 5 aromatic rings. The molecule has 0 aliphatic heterocycles. The minimum absolute atomic E-state index is 0.242. The monoisotopic (exact) mass is 563 g/mol. The van der Waals surface area contributed by atoms with E-state index in [0.717, 1.165) is 16.9 Å². The van der Waals surface area contributed by atoms with E-state index in [-0.39, 0.29) is 5.56 Å². The largest absolute Gasteiger partial charge is 0.497 e. The van der Waals surface area contributed by atoms with Crippen LogP contribution in [-0.4, -0.2) is 49.3 Å². The molecule has 4 aromatic carbocycles. The molecular weight excluding hydrogens is 534 g/mol. The summed E-state index contributed by atoms with van der Waals surface area (Å²) in [6, 6.07) is 27.0. The average molecular weight is 564 g/mol. The van der Waals surface area contributed by atoms with Crippen molar-refractivity contribution in [3.8, 4) is 39.8 Å². The highest BCUT2D eigenvalue weighted by atomic mass is 16.5. The summed E-state index contributed by atoms with van der Waals surface area (Å²) in [7, 11) is 4.73. The summed E-state index contributed by atoms with van der Waals surface area (Å²) >= 11 is 0. The second-order valence-corrected chi connectivity index (χ2v) is 9.32. The van der Waals surface area contributed by atoms with Crippen LogP contribution in [0.1, 0.15) is 17.3 Å². The Morgan fingerprint density at radius 1 is 0.690 bits per heavy atom. The van der Waals surface area contributed by atoms with Gasteiger partial charge >= 0.3 is 5.97 Å². The van der Waals surface area contributed by atoms with Gasteiger partial charge in [0.05, 0.1) is 55.0 Å². The number of benzene rings is 4. The number of methoxy groups -OCH3 is 3. The normalized spacial score (nSPS) is 11.4. The highest BCUT2D eigenvalue weighted by Crippen LogP contribution is 2.33. The van der Waals surface area contributed by atoms with E-state index in [1.807, 2.05) is 48.5 Å². The molecule has 1 N–H and O–H groups in total. The third kappa shape index (κ3) is 6.00. The second kappa shape index (κ2) is 12.4. The van der Waals surface area contributed by atoms with E-state index in [2.05, 4.69) is 5.32 Å². The molecule has 0 fully saturated rings. The number of para-hydroxylation sites is 2. The topological polar surface area (TPSA) is 109 Å². The van der Waals surface area contributed by atoms with Crippen LogP contribution in [0.4, 0.5) is 5.69 Å². The van der Waals surface area contributed by atoms with Crippen LogP contribution in [0.5, 0.6) is 17.2 Å². The van der Waals surface area contributed by atoms with Gasteiger partial charge in [0.2, 0.25) is 0 Å². The number of carbonyl (C=O) groups is 2. The quantitative estimate of drug-likeness (QED) is 0.212. The number of fused-ring (bicyclic) bond motifs is 1. The molecule has 5 rings (SSSR count). The number of esters is 1. The van der Waals surface area contributed by atoms with Crippen LogP contribution in [0.3, 0.4) is 0 Å². The fourth-order valence-electron chi connectivity index (χ4n) is 4.35. The van der Waals surface area contributed by atoms with Gasteiger partial charge in [0, 0.05) is 11.1 Å². The lowest BCUT2D eigenvalue weighted by molar-refractivity contribution is -0.123. The lowest BCUT2D eigenvalue weighted by Crippen LogP contribution is -2.30. The number of rotatable bonds is 9. The van der Waals surface area contributed by atoms with Gasteiger partial charge in [-0.15, -0.1) is 0 Å². The van der Waals surface area contributed by atoms with Crippen molar-refractivity contribution in [3.63, 3.8) is 0 Å². The summed E-state index contributed by atoms with van der Waals surface area (Å²) < 4.78 is 21.4. The van der Waals surface area contributed by atoms with Gasteiger partial charge in [0.25, 0.3) is 5.91 Å². The molecule has 0 spiro atoms. The minimum atomic E-state index is -1.06. The van der Waals surface area contributed by atoms with Crippen LogP contribution in [0.15, 0.2) is 91.0 Å². The number of hydrogen-bond acceptors (Lipinski definition) is 8. The van der Waals surface area contributed by atoms with Crippen molar-refractivity contribution in [2.24, 2.45) is 0 Å². The van der Waals surface area contributed by atoms with Crippen LogP contribution in [0.25, 0.3) is 33.5 Å². The Morgan fingerprint density at radius 3 is 1.83 bits per heavy atom. The molecule has 9 nitrogen and oxygen atoms in total. The Balaban J connectivity index is 1.45. The zero-order valence-corrected chi connectivity index (χ0v) is 23.6. The predicted octanol–water partition coefficient (Wildman–Crippen LogP) is 6.17. The van der Waals surface area contributed by atoms with E-state index in [4.69, 9.17) is 28.9 Å². The van der Waals surface area contributed by atoms with Crippen molar-refractivity contribution in [3.05, 3.63) is 96.6 Å². The maximum absolute atomic E-state index is 13.1. The van der Waals surface area contributed by atoms with Crippen LogP contribution in [0, 0.1) is 0 Å². The molecule has 0 radical (unpaired) electrons. The molecule has 1 unspecified atom stereocenters. The molecule has 0 saturated heterocycles. The van der Waals surface area contributed by atoms with Crippen molar-refractivity contribution >= 4 is 28.6 Å². The zero-order valence-electron chi connectivity index (χ0n) is 23.6. The third-order valence-corrected chi connectivity index (χ3v) is 6.64. The molecule has 0 bridgehead atoms. The highest BCUT2D eigenvalue weighted by molar-refractivity contribution is 5.99. The number of carbonyl (C=O) groups excluding carboxylic acids is 2. The summed E-state index contributed by atoms with van der Waals surface area (Å²) in [5.74, 6) is 0.796. The predicted molar refractivity (Wildman–Crippen MR) is 160 cm³/mol. The van der Waals surface area contributed by atoms with Gasteiger partial charge in [-0.1, -0.05) is 12.1 Å². The maximum atomic E-state index is 13.1. The Hall–Kier alpha value is -5.44. The third-order valence-electron chi connectivity index (χ3n) is 6.64. The van der Waals surface area contributed by atoms with Gasteiger partial charge in [-0.05, 0) is 85.8 Å². The van der Waals surface area contributed by atoms with Gasteiger partial charge in [0.15, 0.2) is 6.10 Å². The number of aromatic nitrogens is 2. The van der Waals surface area contributed by atoms with Crippen molar-refractivity contribution in [2.45, 2.75) is 13.0 Å². The first-order valence-corrected chi connectivity index (χ1v) is 13.2. The number of ether oxygens (including phenoxy) is 4. The number of nitrogens with zero attached hydrogens (tertiary/aromatic N) is 2. The van der Waals surface area contributed by atoms with E-state index in [0.29, 0.717) is 39.6 Å². The lowest BCUT2D eigenvalue weighted by Gasteiger charge is -2.15. The first kappa shape index (κ1) is 28.1. The van der Waals surface area contributed by atoms with Gasteiger partial charge < -0.3 is 24.3 Å². The van der Waals surface area contributed by atoms with Gasteiger partial charge in [-0.25, -0.2) is 14.8 Å². The van der Waals surface area contributed by atoms with Gasteiger partial charge in [0.1, 0.15) is 17.2 Å². The fraction of sp³-hybridized carbons (Fsp3) is 0.152. The van der Waals surface area contributed by atoms with Crippen molar-refractivity contribution in [1.82, 2.24) is 9.97 Å². The molecule has 0 saturated carbocycles. The molecule has 212 valence electrons. The van der Waals surface area contributed by atoms with Crippen molar-refractivity contribution < 1.29 is 28.5 Å². The van der Waals surface area contributed by atoms with Crippen molar-refractivity contribution in [1.29, 1.82) is 0 Å². The van der Waals surface area contributed by atoms with E-state index < -0.39 is 18.0 Å². The number of nitrogens with one attached hydrogen (secondary N) is 1. The maximum Gasteiger partial charge on any atom is 0.338 e. The second-order valence-electron chi connectivity index (χ2n) is 9.32. The number of amides is 1. The Bertz CT molecular complexity index is 1740. The first-order chi connectivity index (χ1) is 20.4. The number of hydrogen-bond donors (Lipinski definition) is 1. The Labute approximate surface area is 243 Å². The molecular formula is C33H29N3O6. The average Bonchev–Trinajstić information content (AvgIpc) is 3.04. The SMILES string of the molecule is COc1ccc(-c2nc3ccc(C(=O)OC(C)C(=O)Nc4ccccc4OC)cc3nc2-c2ccc(OC)cc2)cc1.